The Hall–Kier alpha value is -1.44. The molecule has 7 nitrogen and oxygen atoms in total. The third kappa shape index (κ3) is 5.94. The first-order valence-corrected chi connectivity index (χ1v) is 14.7. The van der Waals surface area contributed by atoms with Crippen molar-refractivity contribution in [2.24, 2.45) is 39.7 Å². The lowest BCUT2D eigenvalue weighted by molar-refractivity contribution is -0.869. The monoisotopic (exact) mass is 517 g/mol. The van der Waals surface area contributed by atoms with Crippen LogP contribution in [0.25, 0.3) is 0 Å². The molecule has 0 radical (unpaired) electrons. The minimum Gasteiger partial charge on any atom is -0.389 e. The van der Waals surface area contributed by atoms with E-state index in [1.165, 1.54) is 31.3 Å². The molecule has 0 aliphatic heterocycles. The van der Waals surface area contributed by atoms with Gasteiger partial charge in [-0.3, -0.25) is 4.84 Å². The van der Waals surface area contributed by atoms with Gasteiger partial charge in [0.15, 0.2) is 0 Å². The molecule has 0 spiro atoms. The van der Waals surface area contributed by atoms with E-state index in [0.717, 1.165) is 67.3 Å². The molecular formula is C30H53N4O3+. The third-order valence-corrected chi connectivity index (χ3v) is 10.8. The number of hydrogen-bond donors (Lipinski definition) is 2. The average Bonchev–Trinajstić information content (AvgIpc) is 3.19. The predicted octanol–water partition coefficient (Wildman–Crippen LogP) is 4.67. The molecule has 0 saturated heterocycles. The summed E-state index contributed by atoms with van der Waals surface area (Å²) in [5.74, 6) is 2.58. The highest BCUT2D eigenvalue weighted by molar-refractivity contribution is 5.85. The molecule has 4 aliphatic carbocycles. The molecule has 37 heavy (non-hydrogen) atoms. The van der Waals surface area contributed by atoms with E-state index in [0.29, 0.717) is 18.4 Å². The average molecular weight is 518 g/mol. The highest BCUT2D eigenvalue weighted by Gasteiger charge is 2.59. The Morgan fingerprint density at radius 2 is 1.89 bits per heavy atom. The Morgan fingerprint density at radius 1 is 1.14 bits per heavy atom. The van der Waals surface area contributed by atoms with Gasteiger partial charge in [0.25, 0.3) is 0 Å². The standard InChI is InChI=1S/C30H53N4O3/c1-21(32-37-28(36)33(4)18-16-31-17-19-34(5,6)7)25-10-11-26-24-9-8-22-20-23(35)12-14-29(22,2)27(24)13-15-30(25,26)3/h20,23-27,31,35H,8-19H2,1-7H3/q+1/b32-21+/t23-,24-,25+,26-,27-,29-,30+/m0/s1. The Bertz CT molecular complexity index is 896. The molecule has 3 fully saturated rings. The fraction of sp³-hybridized carbons (Fsp3) is 0.867. The molecular weight excluding hydrogens is 464 g/mol. The summed E-state index contributed by atoms with van der Waals surface area (Å²) in [5.41, 5.74) is 3.01. The van der Waals surface area contributed by atoms with Gasteiger partial charge in [0.2, 0.25) is 0 Å². The van der Waals surface area contributed by atoms with Gasteiger partial charge in [0.1, 0.15) is 0 Å². The van der Waals surface area contributed by atoms with Crippen molar-refractivity contribution in [3.8, 4) is 0 Å². The van der Waals surface area contributed by atoms with Gasteiger partial charge in [0, 0.05) is 32.6 Å². The number of aliphatic hydroxyl groups is 1. The van der Waals surface area contributed by atoms with Gasteiger partial charge in [-0.1, -0.05) is 30.7 Å². The largest absolute Gasteiger partial charge is 0.435 e. The van der Waals surface area contributed by atoms with Crippen LogP contribution in [0.4, 0.5) is 4.79 Å². The quantitative estimate of drug-likeness (QED) is 0.123. The molecule has 0 bridgehead atoms. The zero-order chi connectivity index (χ0) is 27.0. The van der Waals surface area contributed by atoms with Gasteiger partial charge in [0.05, 0.1) is 39.5 Å². The maximum Gasteiger partial charge on any atom is 0.435 e. The minimum atomic E-state index is -0.379. The number of nitrogens with zero attached hydrogens (tertiary/aromatic N) is 3. The van der Waals surface area contributed by atoms with Crippen molar-refractivity contribution < 1.29 is 19.2 Å². The third-order valence-electron chi connectivity index (χ3n) is 10.8. The fourth-order valence-electron chi connectivity index (χ4n) is 8.52. The summed E-state index contributed by atoms with van der Waals surface area (Å²) in [6.45, 7) is 10.3. The van der Waals surface area contributed by atoms with Crippen molar-refractivity contribution in [3.63, 3.8) is 0 Å². The summed E-state index contributed by atoms with van der Waals surface area (Å²) in [5, 5.41) is 18.0. The van der Waals surface area contributed by atoms with Crippen molar-refractivity contribution >= 4 is 11.8 Å². The predicted molar refractivity (Wildman–Crippen MR) is 149 cm³/mol. The molecule has 210 valence electrons. The number of allylic oxidation sites excluding steroid dienone is 1. The highest BCUT2D eigenvalue weighted by atomic mass is 16.7. The Labute approximate surface area is 225 Å². The number of amides is 1. The molecule has 7 atom stereocenters. The van der Waals surface area contributed by atoms with Crippen LogP contribution < -0.4 is 5.32 Å². The number of nitrogens with one attached hydrogen (secondary N) is 1. The maximum absolute atomic E-state index is 12.6. The zero-order valence-corrected chi connectivity index (χ0v) is 24.6. The molecule has 0 heterocycles. The van der Waals surface area contributed by atoms with Crippen LogP contribution in [-0.4, -0.2) is 86.8 Å². The molecule has 0 unspecified atom stereocenters. The number of rotatable bonds is 8. The topological polar surface area (TPSA) is 74.2 Å². The van der Waals surface area contributed by atoms with Gasteiger partial charge < -0.3 is 19.8 Å². The number of oxime groups is 1. The SMILES string of the molecule is C/C(=N\OC(=O)N(C)CCNCC[N+](C)(C)C)[C@H]1CC[C@H]2[C@@H]3CCC4=C[C@@H](O)CC[C@]4(C)[C@H]3CC[C@]12C. The Balaban J connectivity index is 1.32. The smallest absolute Gasteiger partial charge is 0.389 e. The van der Waals surface area contributed by atoms with E-state index in [4.69, 9.17) is 4.84 Å². The van der Waals surface area contributed by atoms with E-state index < -0.39 is 0 Å². The van der Waals surface area contributed by atoms with Gasteiger partial charge in [-0.15, -0.1) is 0 Å². The second-order valence-corrected chi connectivity index (χ2v) is 14.1. The maximum atomic E-state index is 12.6. The number of quaternary nitrogens is 1. The van der Waals surface area contributed by atoms with Crippen LogP contribution in [0.1, 0.15) is 72.1 Å². The van der Waals surface area contributed by atoms with Crippen LogP contribution in [0.15, 0.2) is 16.8 Å². The summed E-state index contributed by atoms with van der Waals surface area (Å²) in [7, 11) is 8.31. The number of carbonyl (C=O) groups is 1. The van der Waals surface area contributed by atoms with E-state index >= 15 is 0 Å². The summed E-state index contributed by atoms with van der Waals surface area (Å²) in [4.78, 5) is 19.6. The first-order chi connectivity index (χ1) is 17.3. The fourth-order valence-corrected chi connectivity index (χ4v) is 8.52. The number of aliphatic hydroxyl groups excluding tert-OH is 1. The van der Waals surface area contributed by atoms with Gasteiger partial charge in [-0.05, 0) is 86.9 Å². The lowest BCUT2D eigenvalue weighted by Crippen LogP contribution is -2.51. The second-order valence-electron chi connectivity index (χ2n) is 14.1. The summed E-state index contributed by atoms with van der Waals surface area (Å²) in [6.07, 6.45) is 10.9. The summed E-state index contributed by atoms with van der Waals surface area (Å²) in [6, 6.07) is 0. The van der Waals surface area contributed by atoms with Gasteiger partial charge in [-0.25, -0.2) is 4.79 Å². The van der Waals surface area contributed by atoms with Crippen LogP contribution in [0.3, 0.4) is 0 Å². The zero-order valence-electron chi connectivity index (χ0n) is 24.6. The van der Waals surface area contributed by atoms with Gasteiger partial charge >= 0.3 is 6.09 Å². The van der Waals surface area contributed by atoms with Crippen LogP contribution in [0, 0.1) is 34.5 Å². The molecule has 4 rings (SSSR count). The lowest BCUT2D eigenvalue weighted by atomic mass is 9.46. The molecule has 2 N–H and O–H groups in total. The van der Waals surface area contributed by atoms with Crippen LogP contribution in [0.5, 0.6) is 0 Å². The van der Waals surface area contributed by atoms with Crippen molar-refractivity contribution in [1.29, 1.82) is 0 Å². The number of fused-ring (bicyclic) bond motifs is 5. The molecule has 1 amide bonds. The summed E-state index contributed by atoms with van der Waals surface area (Å²) < 4.78 is 0.919. The van der Waals surface area contributed by atoms with Crippen molar-refractivity contribution in [2.45, 2.75) is 78.2 Å². The number of carbonyl (C=O) groups excluding carboxylic acids is 1. The van der Waals surface area contributed by atoms with E-state index in [1.807, 2.05) is 0 Å². The second kappa shape index (κ2) is 11.0. The highest BCUT2D eigenvalue weighted by Crippen LogP contribution is 2.66. The molecule has 7 heteroatoms. The number of hydrogen-bond acceptors (Lipinski definition) is 5. The lowest BCUT2D eigenvalue weighted by Gasteiger charge is -2.58. The minimum absolute atomic E-state index is 0.230. The van der Waals surface area contributed by atoms with E-state index in [2.05, 4.69) is 58.5 Å². The van der Waals surface area contributed by atoms with Gasteiger partial charge in [-0.2, -0.15) is 0 Å². The Morgan fingerprint density at radius 3 is 2.62 bits per heavy atom. The Kier molecular flexibility index (Phi) is 8.47. The van der Waals surface area contributed by atoms with Crippen molar-refractivity contribution in [1.82, 2.24) is 10.2 Å². The molecule has 4 aliphatic rings. The van der Waals surface area contributed by atoms with Crippen LogP contribution in [-0.2, 0) is 4.84 Å². The molecule has 0 aromatic carbocycles. The van der Waals surface area contributed by atoms with E-state index in [1.54, 1.807) is 11.9 Å². The van der Waals surface area contributed by atoms with E-state index in [9.17, 15) is 9.90 Å². The molecule has 0 aromatic heterocycles. The van der Waals surface area contributed by atoms with Crippen LogP contribution >= 0.6 is 0 Å². The van der Waals surface area contributed by atoms with Crippen molar-refractivity contribution in [3.05, 3.63) is 11.6 Å². The van der Waals surface area contributed by atoms with E-state index in [-0.39, 0.29) is 23.0 Å². The van der Waals surface area contributed by atoms with Crippen molar-refractivity contribution in [2.75, 3.05) is 54.4 Å². The number of likely N-dealkylation sites (N-methyl/N-ethyl adjacent to an activating group) is 2. The summed E-state index contributed by atoms with van der Waals surface area (Å²) >= 11 is 0. The normalized spacial score (nSPS) is 37.8. The first kappa shape index (κ1) is 28.6. The van der Waals surface area contributed by atoms with Crippen LogP contribution in [0.2, 0.25) is 0 Å². The molecule has 3 saturated carbocycles. The molecule has 0 aromatic rings. The first-order valence-electron chi connectivity index (χ1n) is 14.7.